The second kappa shape index (κ2) is 7.49. The van der Waals surface area contributed by atoms with Crippen LogP contribution >= 0.6 is 11.3 Å². The summed E-state index contributed by atoms with van der Waals surface area (Å²) in [5.74, 6) is 1.74. The van der Waals surface area contributed by atoms with Gasteiger partial charge in [0.05, 0.1) is 13.1 Å². The first-order chi connectivity index (χ1) is 11.7. The van der Waals surface area contributed by atoms with Crippen LogP contribution in [-0.4, -0.2) is 29.9 Å². The highest BCUT2D eigenvalue weighted by Gasteiger charge is 2.11. The molecule has 6 heteroatoms. The van der Waals surface area contributed by atoms with E-state index < -0.39 is 0 Å². The van der Waals surface area contributed by atoms with E-state index in [1.54, 1.807) is 18.4 Å². The molecule has 0 aliphatic rings. The zero-order valence-corrected chi connectivity index (χ0v) is 15.1. The number of hydrogen-bond acceptors (Lipinski definition) is 4. The van der Waals surface area contributed by atoms with Crippen molar-refractivity contribution in [3.63, 3.8) is 0 Å². The van der Waals surface area contributed by atoms with Crippen LogP contribution < -0.4 is 5.32 Å². The van der Waals surface area contributed by atoms with Crippen LogP contribution in [0.25, 0.3) is 11.0 Å². The second-order valence-electron chi connectivity index (χ2n) is 5.58. The van der Waals surface area contributed by atoms with Gasteiger partial charge in [0, 0.05) is 30.6 Å². The lowest BCUT2D eigenvalue weighted by molar-refractivity contribution is 0.412. The standard InChI is InChI=1S/C18H22N4OS/c1-4-15-10-20-17(24-15)11-21-18(19-2)22(3)12-14-9-13-7-5-6-8-16(13)23-14/h5-10H,4,11-12H2,1-3H3,(H,19,21). The lowest BCUT2D eigenvalue weighted by atomic mass is 10.2. The molecular weight excluding hydrogens is 320 g/mol. The van der Waals surface area contributed by atoms with E-state index in [0.717, 1.165) is 34.1 Å². The maximum Gasteiger partial charge on any atom is 0.194 e. The molecule has 1 N–H and O–H groups in total. The number of aryl methyl sites for hydroxylation is 1. The Kier molecular flexibility index (Phi) is 5.15. The third-order valence-electron chi connectivity index (χ3n) is 3.79. The van der Waals surface area contributed by atoms with Gasteiger partial charge in [-0.3, -0.25) is 4.99 Å². The van der Waals surface area contributed by atoms with Gasteiger partial charge in [-0.1, -0.05) is 25.1 Å². The van der Waals surface area contributed by atoms with Crippen LogP contribution in [0.5, 0.6) is 0 Å². The average molecular weight is 342 g/mol. The molecule has 2 heterocycles. The molecule has 2 aromatic heterocycles. The number of guanidine groups is 1. The first kappa shape index (κ1) is 16.5. The highest BCUT2D eigenvalue weighted by atomic mass is 32.1. The van der Waals surface area contributed by atoms with Crippen molar-refractivity contribution in [1.29, 1.82) is 0 Å². The van der Waals surface area contributed by atoms with Gasteiger partial charge in [0.2, 0.25) is 0 Å². The van der Waals surface area contributed by atoms with Gasteiger partial charge in [-0.2, -0.15) is 0 Å². The Balaban J connectivity index is 1.62. The van der Waals surface area contributed by atoms with Crippen LogP contribution in [0.4, 0.5) is 0 Å². The fraction of sp³-hybridized carbons (Fsp3) is 0.333. The number of rotatable bonds is 5. The van der Waals surface area contributed by atoms with E-state index in [1.807, 2.05) is 36.3 Å². The smallest absolute Gasteiger partial charge is 0.194 e. The van der Waals surface area contributed by atoms with Crippen LogP contribution in [0.3, 0.4) is 0 Å². The Morgan fingerprint density at radius 2 is 2.21 bits per heavy atom. The Bertz CT molecular complexity index is 803. The molecule has 3 rings (SSSR count). The van der Waals surface area contributed by atoms with E-state index in [-0.39, 0.29) is 0 Å². The largest absolute Gasteiger partial charge is 0.459 e. The van der Waals surface area contributed by atoms with Crippen molar-refractivity contribution in [3.8, 4) is 0 Å². The second-order valence-corrected chi connectivity index (χ2v) is 6.78. The maximum absolute atomic E-state index is 5.88. The molecule has 0 saturated heterocycles. The minimum absolute atomic E-state index is 0.659. The lowest BCUT2D eigenvalue weighted by Gasteiger charge is -2.20. The zero-order valence-electron chi connectivity index (χ0n) is 14.2. The molecule has 0 amide bonds. The summed E-state index contributed by atoms with van der Waals surface area (Å²) in [6.45, 7) is 3.49. The van der Waals surface area contributed by atoms with E-state index in [0.29, 0.717) is 13.1 Å². The van der Waals surface area contributed by atoms with E-state index in [1.165, 1.54) is 4.88 Å². The maximum atomic E-state index is 5.88. The van der Waals surface area contributed by atoms with E-state index in [2.05, 4.69) is 34.3 Å². The molecular formula is C18H22N4OS. The number of thiazole rings is 1. The summed E-state index contributed by atoms with van der Waals surface area (Å²) in [5.41, 5.74) is 0.915. The number of fused-ring (bicyclic) bond motifs is 1. The zero-order chi connectivity index (χ0) is 16.9. The Labute approximate surface area is 146 Å². The third-order valence-corrected chi connectivity index (χ3v) is 4.93. The lowest BCUT2D eigenvalue weighted by Crippen LogP contribution is -2.37. The summed E-state index contributed by atoms with van der Waals surface area (Å²) in [5, 5.41) is 5.56. The predicted octanol–water partition coefficient (Wildman–Crippen LogP) is 3.66. The Morgan fingerprint density at radius 3 is 2.92 bits per heavy atom. The molecule has 1 aromatic carbocycles. The number of hydrogen-bond donors (Lipinski definition) is 1. The summed E-state index contributed by atoms with van der Waals surface area (Å²) in [7, 11) is 3.79. The first-order valence-electron chi connectivity index (χ1n) is 8.02. The Morgan fingerprint density at radius 1 is 1.38 bits per heavy atom. The molecule has 24 heavy (non-hydrogen) atoms. The Hall–Kier alpha value is -2.34. The highest BCUT2D eigenvalue weighted by Crippen LogP contribution is 2.19. The van der Waals surface area contributed by atoms with Crippen molar-refractivity contribution in [2.75, 3.05) is 14.1 Å². The summed E-state index contributed by atoms with van der Waals surface area (Å²) >= 11 is 1.74. The molecule has 0 atom stereocenters. The quantitative estimate of drug-likeness (QED) is 0.568. The molecule has 0 spiro atoms. The summed E-state index contributed by atoms with van der Waals surface area (Å²) in [4.78, 5) is 12.1. The van der Waals surface area contributed by atoms with Crippen molar-refractivity contribution in [2.24, 2.45) is 4.99 Å². The molecule has 0 saturated carbocycles. The molecule has 126 valence electrons. The molecule has 0 radical (unpaired) electrons. The van der Waals surface area contributed by atoms with Crippen molar-refractivity contribution in [1.82, 2.24) is 15.2 Å². The predicted molar refractivity (Wildman–Crippen MR) is 99.4 cm³/mol. The number of aliphatic imine (C=N–C) groups is 1. The fourth-order valence-electron chi connectivity index (χ4n) is 2.56. The molecule has 0 bridgehead atoms. The third kappa shape index (κ3) is 3.76. The number of aromatic nitrogens is 1. The van der Waals surface area contributed by atoms with Gasteiger partial charge in [-0.05, 0) is 18.6 Å². The molecule has 0 unspecified atom stereocenters. The van der Waals surface area contributed by atoms with Crippen LogP contribution in [0.2, 0.25) is 0 Å². The van der Waals surface area contributed by atoms with Gasteiger partial charge < -0.3 is 14.6 Å². The average Bonchev–Trinajstić information content (AvgIpc) is 3.21. The fourth-order valence-corrected chi connectivity index (χ4v) is 3.36. The van der Waals surface area contributed by atoms with Crippen molar-refractivity contribution >= 4 is 28.3 Å². The minimum Gasteiger partial charge on any atom is -0.459 e. The van der Waals surface area contributed by atoms with Crippen LogP contribution in [0.15, 0.2) is 45.9 Å². The van der Waals surface area contributed by atoms with Gasteiger partial charge in [0.1, 0.15) is 16.4 Å². The highest BCUT2D eigenvalue weighted by molar-refractivity contribution is 7.11. The summed E-state index contributed by atoms with van der Waals surface area (Å²) in [6.07, 6.45) is 2.97. The van der Waals surface area contributed by atoms with Crippen LogP contribution in [0, 0.1) is 0 Å². The monoisotopic (exact) mass is 342 g/mol. The van der Waals surface area contributed by atoms with E-state index >= 15 is 0 Å². The molecule has 3 aromatic rings. The van der Waals surface area contributed by atoms with Crippen LogP contribution in [0.1, 0.15) is 22.6 Å². The van der Waals surface area contributed by atoms with Gasteiger partial charge >= 0.3 is 0 Å². The van der Waals surface area contributed by atoms with E-state index in [9.17, 15) is 0 Å². The number of benzene rings is 1. The molecule has 5 nitrogen and oxygen atoms in total. The number of para-hydroxylation sites is 1. The number of nitrogens with one attached hydrogen (secondary N) is 1. The normalized spacial score (nSPS) is 11.9. The SMILES string of the molecule is CCc1cnc(CNC(=NC)N(C)Cc2cc3ccccc3o2)s1. The summed E-state index contributed by atoms with van der Waals surface area (Å²) < 4.78 is 5.88. The molecule has 0 aliphatic carbocycles. The number of furan rings is 1. The van der Waals surface area contributed by atoms with Gasteiger partial charge in [-0.15, -0.1) is 11.3 Å². The molecule has 0 fully saturated rings. The summed E-state index contributed by atoms with van der Waals surface area (Å²) in [6, 6.07) is 10.1. The first-order valence-corrected chi connectivity index (χ1v) is 8.84. The van der Waals surface area contributed by atoms with Crippen molar-refractivity contribution < 1.29 is 4.42 Å². The topological polar surface area (TPSA) is 53.7 Å². The molecule has 0 aliphatic heterocycles. The van der Waals surface area contributed by atoms with Gasteiger partial charge in [0.25, 0.3) is 0 Å². The van der Waals surface area contributed by atoms with Gasteiger partial charge in [-0.25, -0.2) is 4.98 Å². The van der Waals surface area contributed by atoms with E-state index in [4.69, 9.17) is 4.42 Å². The van der Waals surface area contributed by atoms with Crippen LogP contribution in [-0.2, 0) is 19.5 Å². The van der Waals surface area contributed by atoms with Crippen molar-refractivity contribution in [3.05, 3.63) is 52.2 Å². The van der Waals surface area contributed by atoms with Crippen molar-refractivity contribution in [2.45, 2.75) is 26.4 Å². The minimum atomic E-state index is 0.659. The van der Waals surface area contributed by atoms with Gasteiger partial charge in [0.15, 0.2) is 5.96 Å². The number of nitrogens with zero attached hydrogens (tertiary/aromatic N) is 3.